The molecule has 41 heavy (non-hydrogen) atoms. The fraction of sp³-hybridized carbons (Fsp3) is 0.367. The van der Waals surface area contributed by atoms with Crippen molar-refractivity contribution in [3.05, 3.63) is 70.0 Å². The molecule has 4 aromatic rings. The minimum atomic E-state index is -0.469. The van der Waals surface area contributed by atoms with E-state index in [0.29, 0.717) is 36.1 Å². The summed E-state index contributed by atoms with van der Waals surface area (Å²) in [7, 11) is 7.71. The van der Waals surface area contributed by atoms with Gasteiger partial charge in [0.25, 0.3) is 5.69 Å². The quantitative estimate of drug-likeness (QED) is 0.151. The number of rotatable bonds is 11. The number of carbonyl (C=O) groups excluding carboxylic acids is 1. The van der Waals surface area contributed by atoms with Crippen LogP contribution in [0.1, 0.15) is 28.8 Å². The Kier molecular flexibility index (Phi) is 7.89. The standard InChI is InChI=1S/C30H35N7O4/c1-19-14-26(35(4)13-12-34(2)3)27(37(39)40)15-24(19)32-30-31-16-22(29(38)41-18-20-10-11-20)28(33-30)23-17-36(5)25-9-7-6-8-21(23)25/h6-9,14-17,20H,10-13,18H2,1-5H3,(H,31,32,33). The smallest absolute Gasteiger partial charge is 0.341 e. The fourth-order valence-corrected chi connectivity index (χ4v) is 4.74. The molecule has 0 amide bonds. The summed E-state index contributed by atoms with van der Waals surface area (Å²) in [6.07, 6.45) is 5.54. The number of fused-ring (bicyclic) bond motifs is 1. The van der Waals surface area contributed by atoms with Gasteiger partial charge in [-0.15, -0.1) is 0 Å². The maximum Gasteiger partial charge on any atom is 0.341 e. The first kappa shape index (κ1) is 28.0. The van der Waals surface area contributed by atoms with Gasteiger partial charge >= 0.3 is 5.97 Å². The molecule has 0 saturated heterocycles. The van der Waals surface area contributed by atoms with Gasteiger partial charge in [-0.2, -0.15) is 0 Å². The Balaban J connectivity index is 1.53. The summed E-state index contributed by atoms with van der Waals surface area (Å²) in [5, 5.41) is 16.1. The zero-order valence-corrected chi connectivity index (χ0v) is 24.0. The van der Waals surface area contributed by atoms with Crippen molar-refractivity contribution in [1.82, 2.24) is 19.4 Å². The zero-order chi connectivity index (χ0) is 29.3. The van der Waals surface area contributed by atoms with E-state index >= 15 is 0 Å². The van der Waals surface area contributed by atoms with E-state index in [2.05, 4.69) is 10.3 Å². The van der Waals surface area contributed by atoms with Gasteiger partial charge < -0.3 is 24.4 Å². The van der Waals surface area contributed by atoms with E-state index in [-0.39, 0.29) is 22.1 Å². The number of nitrogens with one attached hydrogen (secondary N) is 1. The van der Waals surface area contributed by atoms with E-state index in [0.717, 1.165) is 41.4 Å². The predicted octanol–water partition coefficient (Wildman–Crippen LogP) is 5.16. The molecule has 1 aliphatic rings. The van der Waals surface area contributed by atoms with E-state index in [4.69, 9.17) is 9.72 Å². The van der Waals surface area contributed by atoms with Gasteiger partial charge in [0.2, 0.25) is 5.95 Å². The van der Waals surface area contributed by atoms with Crippen LogP contribution in [0.4, 0.5) is 23.0 Å². The molecule has 2 aromatic carbocycles. The van der Waals surface area contributed by atoms with Crippen LogP contribution in [-0.2, 0) is 11.8 Å². The van der Waals surface area contributed by atoms with E-state index in [1.165, 1.54) is 12.3 Å². The number of nitro benzene ring substituents is 1. The Hall–Kier alpha value is -4.51. The number of nitrogens with zero attached hydrogens (tertiary/aromatic N) is 6. The minimum Gasteiger partial charge on any atom is -0.462 e. The summed E-state index contributed by atoms with van der Waals surface area (Å²) in [6.45, 7) is 3.65. The number of para-hydroxylation sites is 1. The van der Waals surface area contributed by atoms with Gasteiger partial charge in [-0.05, 0) is 57.5 Å². The van der Waals surface area contributed by atoms with Gasteiger partial charge in [0.05, 0.1) is 22.9 Å². The molecular formula is C30H35N7O4. The summed E-state index contributed by atoms with van der Waals surface area (Å²) in [5.74, 6) is 0.173. The third kappa shape index (κ3) is 6.14. The Bertz CT molecular complexity index is 1610. The van der Waals surface area contributed by atoms with Crippen molar-refractivity contribution in [3.63, 3.8) is 0 Å². The van der Waals surface area contributed by atoms with Crippen LogP contribution in [0.2, 0.25) is 0 Å². The highest BCUT2D eigenvalue weighted by Crippen LogP contribution is 2.36. The van der Waals surface area contributed by atoms with Crippen LogP contribution in [0.5, 0.6) is 0 Å². The Labute approximate surface area is 238 Å². The van der Waals surface area contributed by atoms with E-state index in [1.807, 2.05) is 79.9 Å². The summed E-state index contributed by atoms with van der Waals surface area (Å²) < 4.78 is 7.58. The lowest BCUT2D eigenvalue weighted by atomic mass is 10.1. The molecule has 11 nitrogen and oxygen atoms in total. The topological polar surface area (TPSA) is 119 Å². The van der Waals surface area contributed by atoms with E-state index < -0.39 is 5.97 Å². The Morgan fingerprint density at radius 1 is 1.20 bits per heavy atom. The average Bonchev–Trinajstić information content (AvgIpc) is 3.72. The molecule has 0 aliphatic heterocycles. The molecule has 2 heterocycles. The molecule has 1 aliphatic carbocycles. The highest BCUT2D eigenvalue weighted by Gasteiger charge is 2.26. The molecule has 1 fully saturated rings. The van der Waals surface area contributed by atoms with Crippen molar-refractivity contribution in [1.29, 1.82) is 0 Å². The summed E-state index contributed by atoms with van der Waals surface area (Å²) in [5.41, 5.74) is 4.29. The number of carbonyl (C=O) groups is 1. The van der Waals surface area contributed by atoms with Crippen molar-refractivity contribution in [2.75, 3.05) is 51.1 Å². The molecule has 0 bridgehead atoms. The number of hydrogen-bond acceptors (Lipinski definition) is 9. The molecule has 11 heteroatoms. The summed E-state index contributed by atoms with van der Waals surface area (Å²) >= 11 is 0. The minimum absolute atomic E-state index is 0.0195. The number of benzene rings is 2. The van der Waals surface area contributed by atoms with E-state index in [9.17, 15) is 14.9 Å². The van der Waals surface area contributed by atoms with Crippen LogP contribution in [0, 0.1) is 23.0 Å². The van der Waals surface area contributed by atoms with Crippen LogP contribution >= 0.6 is 0 Å². The molecule has 2 aromatic heterocycles. The van der Waals surface area contributed by atoms with Gasteiger partial charge in [-0.1, -0.05) is 18.2 Å². The largest absolute Gasteiger partial charge is 0.462 e. The van der Waals surface area contributed by atoms with Gasteiger partial charge in [-0.3, -0.25) is 10.1 Å². The maximum absolute atomic E-state index is 13.1. The molecule has 0 unspecified atom stereocenters. The first-order chi connectivity index (χ1) is 19.6. The van der Waals surface area contributed by atoms with Crippen LogP contribution in [0.15, 0.2) is 48.8 Å². The third-order valence-corrected chi connectivity index (χ3v) is 7.37. The number of esters is 1. The lowest BCUT2D eigenvalue weighted by molar-refractivity contribution is -0.384. The van der Waals surface area contributed by atoms with Gasteiger partial charge in [0.1, 0.15) is 11.3 Å². The number of likely N-dealkylation sites (N-methyl/N-ethyl adjacent to an activating group) is 2. The number of aryl methyl sites for hydroxylation is 2. The maximum atomic E-state index is 13.1. The van der Waals surface area contributed by atoms with Crippen LogP contribution in [-0.4, -0.2) is 71.2 Å². The highest BCUT2D eigenvalue weighted by molar-refractivity contribution is 6.03. The molecule has 214 valence electrons. The van der Waals surface area contributed by atoms with Crippen LogP contribution in [0.25, 0.3) is 22.2 Å². The fourth-order valence-electron chi connectivity index (χ4n) is 4.74. The zero-order valence-electron chi connectivity index (χ0n) is 24.0. The lowest BCUT2D eigenvalue weighted by Gasteiger charge is -2.22. The Morgan fingerprint density at radius 3 is 2.66 bits per heavy atom. The number of ether oxygens (including phenoxy) is 1. The normalized spacial score (nSPS) is 13.0. The molecule has 5 rings (SSSR count). The molecule has 1 saturated carbocycles. The van der Waals surface area contributed by atoms with E-state index in [1.54, 1.807) is 6.07 Å². The first-order valence-corrected chi connectivity index (χ1v) is 13.6. The second-order valence-electron chi connectivity index (χ2n) is 10.9. The number of anilines is 3. The van der Waals surface area contributed by atoms with Crippen LogP contribution < -0.4 is 10.2 Å². The Morgan fingerprint density at radius 2 is 1.95 bits per heavy atom. The number of aromatic nitrogens is 3. The van der Waals surface area contributed by atoms with Crippen molar-refractivity contribution < 1.29 is 14.5 Å². The van der Waals surface area contributed by atoms with Crippen molar-refractivity contribution in [2.45, 2.75) is 19.8 Å². The third-order valence-electron chi connectivity index (χ3n) is 7.37. The molecule has 0 atom stereocenters. The van der Waals surface area contributed by atoms with Gasteiger partial charge in [0.15, 0.2) is 0 Å². The summed E-state index contributed by atoms with van der Waals surface area (Å²) in [4.78, 5) is 37.9. The van der Waals surface area contributed by atoms with Gasteiger partial charge in [0, 0.05) is 62.1 Å². The van der Waals surface area contributed by atoms with Crippen molar-refractivity contribution in [2.24, 2.45) is 13.0 Å². The molecule has 0 spiro atoms. The summed E-state index contributed by atoms with van der Waals surface area (Å²) in [6, 6.07) is 11.2. The monoisotopic (exact) mass is 557 g/mol. The van der Waals surface area contributed by atoms with Crippen molar-refractivity contribution >= 4 is 39.9 Å². The number of hydrogen-bond donors (Lipinski definition) is 1. The highest BCUT2D eigenvalue weighted by atomic mass is 16.6. The molecule has 1 N–H and O–H groups in total. The molecule has 0 radical (unpaired) electrons. The van der Waals surface area contributed by atoms with Crippen LogP contribution in [0.3, 0.4) is 0 Å². The lowest BCUT2D eigenvalue weighted by Crippen LogP contribution is -2.29. The first-order valence-electron chi connectivity index (χ1n) is 13.6. The molecular weight excluding hydrogens is 522 g/mol. The average molecular weight is 558 g/mol. The SMILES string of the molecule is Cc1cc(N(C)CCN(C)C)c([N+](=O)[O-])cc1Nc1ncc(C(=O)OCC2CC2)c(-c2cn(C)c3ccccc23)n1. The second kappa shape index (κ2) is 11.5. The number of nitro groups is 1. The predicted molar refractivity (Wildman–Crippen MR) is 160 cm³/mol. The van der Waals surface area contributed by atoms with Crippen molar-refractivity contribution in [3.8, 4) is 11.3 Å². The van der Waals surface area contributed by atoms with Gasteiger partial charge in [-0.25, -0.2) is 14.8 Å². The second-order valence-corrected chi connectivity index (χ2v) is 10.9.